The SMILES string of the molecule is O=CC1CCCSC1. The summed E-state index contributed by atoms with van der Waals surface area (Å²) in [7, 11) is 0. The first kappa shape index (κ1) is 6.14. The molecule has 1 nitrogen and oxygen atoms in total. The highest BCUT2D eigenvalue weighted by molar-refractivity contribution is 7.99. The molecule has 0 N–H and O–H groups in total. The van der Waals surface area contributed by atoms with Crippen molar-refractivity contribution in [1.82, 2.24) is 0 Å². The van der Waals surface area contributed by atoms with Gasteiger partial charge in [-0.1, -0.05) is 0 Å². The molecule has 8 heavy (non-hydrogen) atoms. The van der Waals surface area contributed by atoms with Crippen molar-refractivity contribution in [2.75, 3.05) is 11.5 Å². The number of hydrogen-bond donors (Lipinski definition) is 0. The highest BCUT2D eigenvalue weighted by atomic mass is 32.2. The van der Waals surface area contributed by atoms with Gasteiger partial charge < -0.3 is 4.79 Å². The summed E-state index contributed by atoms with van der Waals surface area (Å²) in [6.45, 7) is 0. The summed E-state index contributed by atoms with van der Waals surface area (Å²) in [5.41, 5.74) is 0. The fraction of sp³-hybridized carbons (Fsp3) is 0.833. The highest BCUT2D eigenvalue weighted by Crippen LogP contribution is 2.20. The van der Waals surface area contributed by atoms with Gasteiger partial charge in [0.05, 0.1) is 0 Å². The lowest BCUT2D eigenvalue weighted by Crippen LogP contribution is -2.10. The topological polar surface area (TPSA) is 17.1 Å². The Morgan fingerprint density at radius 3 is 2.88 bits per heavy atom. The van der Waals surface area contributed by atoms with Crippen molar-refractivity contribution in [3.63, 3.8) is 0 Å². The second-order valence-corrected chi connectivity index (χ2v) is 3.26. The normalized spacial score (nSPS) is 29.8. The zero-order valence-corrected chi connectivity index (χ0v) is 5.62. The largest absolute Gasteiger partial charge is 0.303 e. The van der Waals surface area contributed by atoms with Crippen LogP contribution in [-0.4, -0.2) is 17.8 Å². The Kier molecular flexibility index (Phi) is 2.40. The standard InChI is InChI=1S/C6H10OS/c7-4-6-2-1-3-8-5-6/h4,6H,1-3,5H2. The number of carbonyl (C=O) groups is 1. The van der Waals surface area contributed by atoms with E-state index in [1.165, 1.54) is 12.2 Å². The van der Waals surface area contributed by atoms with Crippen molar-refractivity contribution in [2.24, 2.45) is 5.92 Å². The van der Waals surface area contributed by atoms with E-state index in [0.717, 1.165) is 18.5 Å². The third-order valence-electron chi connectivity index (χ3n) is 1.39. The fourth-order valence-corrected chi connectivity index (χ4v) is 1.96. The second-order valence-electron chi connectivity index (χ2n) is 2.11. The van der Waals surface area contributed by atoms with E-state index < -0.39 is 0 Å². The minimum Gasteiger partial charge on any atom is -0.303 e. The first-order chi connectivity index (χ1) is 3.93. The van der Waals surface area contributed by atoms with Gasteiger partial charge in [-0.05, 0) is 18.6 Å². The van der Waals surface area contributed by atoms with Crippen molar-refractivity contribution in [3.05, 3.63) is 0 Å². The third kappa shape index (κ3) is 1.51. The van der Waals surface area contributed by atoms with Crippen LogP contribution >= 0.6 is 11.8 Å². The van der Waals surface area contributed by atoms with Crippen LogP contribution in [0.1, 0.15) is 12.8 Å². The first-order valence-corrected chi connectivity index (χ1v) is 4.12. The molecule has 1 aliphatic heterocycles. The molecule has 0 aromatic heterocycles. The molecule has 0 saturated carbocycles. The summed E-state index contributed by atoms with van der Waals surface area (Å²) >= 11 is 1.90. The molecule has 1 fully saturated rings. The number of thioether (sulfide) groups is 1. The Labute approximate surface area is 53.8 Å². The molecule has 1 unspecified atom stereocenters. The van der Waals surface area contributed by atoms with Crippen LogP contribution in [0, 0.1) is 5.92 Å². The Hall–Kier alpha value is 0.0200. The Bertz CT molecular complexity index is 76.6. The van der Waals surface area contributed by atoms with E-state index in [9.17, 15) is 4.79 Å². The molecule has 2 heteroatoms. The van der Waals surface area contributed by atoms with E-state index in [2.05, 4.69) is 0 Å². The lowest BCUT2D eigenvalue weighted by Gasteiger charge is -2.14. The molecule has 0 aromatic carbocycles. The van der Waals surface area contributed by atoms with Crippen molar-refractivity contribution in [2.45, 2.75) is 12.8 Å². The Morgan fingerprint density at radius 2 is 2.50 bits per heavy atom. The monoisotopic (exact) mass is 130 g/mol. The van der Waals surface area contributed by atoms with Crippen molar-refractivity contribution >= 4 is 18.0 Å². The van der Waals surface area contributed by atoms with E-state index >= 15 is 0 Å². The molecule has 0 radical (unpaired) electrons. The maximum Gasteiger partial charge on any atom is 0.123 e. The van der Waals surface area contributed by atoms with E-state index in [0.29, 0.717) is 5.92 Å². The van der Waals surface area contributed by atoms with E-state index in [1.807, 2.05) is 11.8 Å². The van der Waals surface area contributed by atoms with Gasteiger partial charge in [-0.3, -0.25) is 0 Å². The number of carbonyl (C=O) groups excluding carboxylic acids is 1. The molecule has 0 aromatic rings. The van der Waals surface area contributed by atoms with Crippen molar-refractivity contribution < 1.29 is 4.79 Å². The van der Waals surface area contributed by atoms with Crippen LogP contribution in [-0.2, 0) is 4.79 Å². The molecular formula is C6H10OS. The van der Waals surface area contributed by atoms with Crippen LogP contribution in [0.15, 0.2) is 0 Å². The molecular weight excluding hydrogens is 120 g/mol. The molecule has 0 amide bonds. The molecule has 46 valence electrons. The highest BCUT2D eigenvalue weighted by Gasteiger charge is 2.10. The molecule has 1 aliphatic rings. The lowest BCUT2D eigenvalue weighted by atomic mass is 10.1. The predicted molar refractivity (Wildman–Crippen MR) is 36.1 cm³/mol. The molecule has 0 aliphatic carbocycles. The van der Waals surface area contributed by atoms with Crippen molar-refractivity contribution in [3.8, 4) is 0 Å². The van der Waals surface area contributed by atoms with E-state index in [1.54, 1.807) is 0 Å². The number of rotatable bonds is 1. The summed E-state index contributed by atoms with van der Waals surface area (Å²) in [4.78, 5) is 10.1. The van der Waals surface area contributed by atoms with Crippen LogP contribution < -0.4 is 0 Å². The molecule has 1 saturated heterocycles. The van der Waals surface area contributed by atoms with Gasteiger partial charge in [0.15, 0.2) is 0 Å². The zero-order chi connectivity index (χ0) is 5.82. The summed E-state index contributed by atoms with van der Waals surface area (Å²) < 4.78 is 0. The van der Waals surface area contributed by atoms with Gasteiger partial charge in [-0.25, -0.2) is 0 Å². The third-order valence-corrected chi connectivity index (χ3v) is 2.63. The van der Waals surface area contributed by atoms with Gasteiger partial charge in [-0.2, -0.15) is 11.8 Å². The summed E-state index contributed by atoms with van der Waals surface area (Å²) in [5, 5.41) is 0. The minimum atomic E-state index is 0.369. The van der Waals surface area contributed by atoms with Gasteiger partial charge in [0, 0.05) is 11.7 Å². The molecule has 0 bridgehead atoms. The van der Waals surface area contributed by atoms with Crippen molar-refractivity contribution in [1.29, 1.82) is 0 Å². The van der Waals surface area contributed by atoms with E-state index in [-0.39, 0.29) is 0 Å². The molecule has 1 atom stereocenters. The van der Waals surface area contributed by atoms with Crippen LogP contribution in [0.2, 0.25) is 0 Å². The van der Waals surface area contributed by atoms with Crippen LogP contribution in [0.4, 0.5) is 0 Å². The number of hydrogen-bond acceptors (Lipinski definition) is 2. The second kappa shape index (κ2) is 3.13. The van der Waals surface area contributed by atoms with Gasteiger partial charge in [0.1, 0.15) is 6.29 Å². The average Bonchev–Trinajstić information content (AvgIpc) is 1.90. The maximum atomic E-state index is 10.1. The van der Waals surface area contributed by atoms with Gasteiger partial charge in [0.2, 0.25) is 0 Å². The smallest absolute Gasteiger partial charge is 0.123 e. The quantitative estimate of drug-likeness (QED) is 0.498. The fourth-order valence-electron chi connectivity index (χ4n) is 0.873. The Morgan fingerprint density at radius 1 is 1.62 bits per heavy atom. The zero-order valence-electron chi connectivity index (χ0n) is 4.80. The minimum absolute atomic E-state index is 0.369. The predicted octanol–water partition coefficient (Wildman–Crippen LogP) is 1.33. The molecule has 1 heterocycles. The number of aldehydes is 1. The van der Waals surface area contributed by atoms with Crippen LogP contribution in [0.25, 0.3) is 0 Å². The van der Waals surface area contributed by atoms with Crippen LogP contribution in [0.3, 0.4) is 0 Å². The average molecular weight is 130 g/mol. The summed E-state index contributed by atoms with van der Waals surface area (Å²) in [6, 6.07) is 0. The van der Waals surface area contributed by atoms with Gasteiger partial charge in [0.25, 0.3) is 0 Å². The summed E-state index contributed by atoms with van der Waals surface area (Å²) in [6.07, 6.45) is 3.44. The van der Waals surface area contributed by atoms with Gasteiger partial charge >= 0.3 is 0 Å². The van der Waals surface area contributed by atoms with E-state index in [4.69, 9.17) is 0 Å². The van der Waals surface area contributed by atoms with Crippen LogP contribution in [0.5, 0.6) is 0 Å². The summed E-state index contributed by atoms with van der Waals surface area (Å²) in [5.74, 6) is 2.68. The Balaban J connectivity index is 2.22. The molecule has 0 spiro atoms. The maximum absolute atomic E-state index is 10.1. The van der Waals surface area contributed by atoms with Gasteiger partial charge in [-0.15, -0.1) is 0 Å². The molecule has 1 rings (SSSR count). The first-order valence-electron chi connectivity index (χ1n) is 2.96. The lowest BCUT2D eigenvalue weighted by molar-refractivity contribution is -0.110.